The highest BCUT2D eigenvalue weighted by atomic mass is 35.5. The first-order valence-corrected chi connectivity index (χ1v) is 7.53. The van der Waals surface area contributed by atoms with Gasteiger partial charge in [0.15, 0.2) is 5.82 Å². The summed E-state index contributed by atoms with van der Waals surface area (Å²) in [4.78, 5) is 9.53. The molecule has 0 radical (unpaired) electrons. The number of nitrogens with zero attached hydrogens (tertiary/aromatic N) is 3. The van der Waals surface area contributed by atoms with Crippen molar-refractivity contribution in [3.05, 3.63) is 41.8 Å². The van der Waals surface area contributed by atoms with Gasteiger partial charge in [-0.2, -0.15) is 0 Å². The van der Waals surface area contributed by atoms with Crippen molar-refractivity contribution in [3.8, 4) is 0 Å². The van der Waals surface area contributed by atoms with Crippen LogP contribution in [0.1, 0.15) is 0 Å². The highest BCUT2D eigenvalue weighted by Crippen LogP contribution is 2.26. The Morgan fingerprint density at radius 1 is 1.15 bits per heavy atom. The molecule has 0 atom stereocenters. The Hall–Kier alpha value is -1.86. The first-order chi connectivity index (χ1) is 9.42. The SMILES string of the molecule is CN(C)c1ncccc1NS(=O)(=O)c1cccnc1Cl. The second-order valence-corrected chi connectivity index (χ2v) is 6.18. The molecule has 20 heavy (non-hydrogen) atoms. The molecule has 0 spiro atoms. The summed E-state index contributed by atoms with van der Waals surface area (Å²) < 4.78 is 27.1. The summed E-state index contributed by atoms with van der Waals surface area (Å²) in [5.41, 5.74) is 0.373. The minimum Gasteiger partial charge on any atom is -0.361 e. The van der Waals surface area contributed by atoms with Crippen molar-refractivity contribution < 1.29 is 8.42 Å². The first-order valence-electron chi connectivity index (χ1n) is 5.67. The lowest BCUT2D eigenvalue weighted by molar-refractivity contribution is 0.601. The molecule has 2 aromatic heterocycles. The molecule has 1 N–H and O–H groups in total. The van der Waals surface area contributed by atoms with E-state index < -0.39 is 10.0 Å². The van der Waals surface area contributed by atoms with Crippen LogP contribution in [0.4, 0.5) is 11.5 Å². The number of rotatable bonds is 4. The van der Waals surface area contributed by atoms with E-state index in [0.29, 0.717) is 11.5 Å². The minimum atomic E-state index is -3.81. The summed E-state index contributed by atoms with van der Waals surface area (Å²) in [5, 5.41) is -0.0738. The average Bonchev–Trinajstić information content (AvgIpc) is 2.39. The van der Waals surface area contributed by atoms with Crippen molar-refractivity contribution in [1.82, 2.24) is 9.97 Å². The van der Waals surface area contributed by atoms with Gasteiger partial charge < -0.3 is 4.90 Å². The molecule has 0 unspecified atom stereocenters. The molecule has 2 heterocycles. The van der Waals surface area contributed by atoms with E-state index in [-0.39, 0.29) is 10.0 Å². The van der Waals surface area contributed by atoms with Crippen molar-refractivity contribution in [3.63, 3.8) is 0 Å². The first kappa shape index (κ1) is 14.5. The van der Waals surface area contributed by atoms with Gasteiger partial charge in [0.05, 0.1) is 5.69 Å². The topological polar surface area (TPSA) is 75.2 Å². The van der Waals surface area contributed by atoms with Crippen LogP contribution < -0.4 is 9.62 Å². The van der Waals surface area contributed by atoms with Gasteiger partial charge in [0.2, 0.25) is 0 Å². The molecule has 0 saturated carbocycles. The molecule has 0 aromatic carbocycles. The van der Waals surface area contributed by atoms with Gasteiger partial charge in [-0.3, -0.25) is 4.72 Å². The van der Waals surface area contributed by atoms with Crippen molar-refractivity contribution in [2.24, 2.45) is 0 Å². The maximum Gasteiger partial charge on any atom is 0.265 e. The minimum absolute atomic E-state index is 0.0738. The zero-order valence-corrected chi connectivity index (χ0v) is 12.5. The van der Waals surface area contributed by atoms with E-state index in [1.54, 1.807) is 37.3 Å². The van der Waals surface area contributed by atoms with Crippen molar-refractivity contribution in [2.45, 2.75) is 4.90 Å². The quantitative estimate of drug-likeness (QED) is 0.874. The highest BCUT2D eigenvalue weighted by molar-refractivity contribution is 7.92. The summed E-state index contributed by atoms with van der Waals surface area (Å²) in [6.07, 6.45) is 3.01. The van der Waals surface area contributed by atoms with Crippen LogP contribution in [0.5, 0.6) is 0 Å². The fraction of sp³-hybridized carbons (Fsp3) is 0.167. The predicted molar refractivity (Wildman–Crippen MR) is 78.6 cm³/mol. The summed E-state index contributed by atoms with van der Waals surface area (Å²) in [5.74, 6) is 0.510. The third-order valence-electron chi connectivity index (χ3n) is 2.47. The summed E-state index contributed by atoms with van der Waals surface area (Å²) in [6.45, 7) is 0. The highest BCUT2D eigenvalue weighted by Gasteiger charge is 2.20. The third kappa shape index (κ3) is 3.00. The average molecular weight is 313 g/mol. The number of aromatic nitrogens is 2. The Labute approximate surface area is 122 Å². The monoisotopic (exact) mass is 312 g/mol. The molecule has 2 rings (SSSR count). The number of halogens is 1. The zero-order chi connectivity index (χ0) is 14.8. The molecule has 0 fully saturated rings. The lowest BCUT2D eigenvalue weighted by Gasteiger charge is -2.17. The summed E-state index contributed by atoms with van der Waals surface area (Å²) in [6, 6.07) is 6.18. The molecule has 8 heteroatoms. The van der Waals surface area contributed by atoms with Crippen molar-refractivity contribution in [1.29, 1.82) is 0 Å². The van der Waals surface area contributed by atoms with Gasteiger partial charge in [0.25, 0.3) is 10.0 Å². The fourth-order valence-corrected chi connectivity index (χ4v) is 3.12. The molecule has 6 nitrogen and oxygen atoms in total. The Balaban J connectivity index is 2.42. The Kier molecular flexibility index (Phi) is 4.10. The van der Waals surface area contributed by atoms with Crippen LogP contribution in [0.25, 0.3) is 0 Å². The maximum atomic E-state index is 12.3. The Bertz CT molecular complexity index is 719. The lowest BCUT2D eigenvalue weighted by atomic mass is 10.4. The number of nitrogens with one attached hydrogen (secondary N) is 1. The normalized spacial score (nSPS) is 11.2. The van der Waals surface area contributed by atoms with Crippen LogP contribution in [0.15, 0.2) is 41.6 Å². The number of hydrogen-bond acceptors (Lipinski definition) is 5. The summed E-state index contributed by atoms with van der Waals surface area (Å²) >= 11 is 5.82. The van der Waals surface area contributed by atoms with E-state index in [1.807, 2.05) is 0 Å². The Morgan fingerprint density at radius 3 is 2.45 bits per heavy atom. The molecule has 0 aliphatic rings. The standard InChI is InChI=1S/C12H13ClN4O2S/c1-17(2)12-9(5-3-8-15-12)16-20(18,19)10-6-4-7-14-11(10)13/h3-8,16H,1-2H3. The molecule has 0 saturated heterocycles. The zero-order valence-electron chi connectivity index (χ0n) is 10.9. The molecule has 0 amide bonds. The predicted octanol–water partition coefficient (Wildman–Crippen LogP) is 2.00. The van der Waals surface area contributed by atoms with Gasteiger partial charge in [0, 0.05) is 26.5 Å². The van der Waals surface area contributed by atoms with E-state index in [2.05, 4.69) is 14.7 Å². The number of pyridine rings is 2. The van der Waals surface area contributed by atoms with Gasteiger partial charge >= 0.3 is 0 Å². The molecule has 2 aromatic rings. The number of sulfonamides is 1. The molecular formula is C12H13ClN4O2S. The van der Waals surface area contributed by atoms with Gasteiger partial charge in [0.1, 0.15) is 10.0 Å². The second kappa shape index (κ2) is 5.64. The van der Waals surface area contributed by atoms with Crippen LogP contribution in [0.3, 0.4) is 0 Å². The van der Waals surface area contributed by atoms with Gasteiger partial charge in [-0.15, -0.1) is 0 Å². The second-order valence-electron chi connectivity index (χ2n) is 4.17. The Morgan fingerprint density at radius 2 is 1.80 bits per heavy atom. The summed E-state index contributed by atoms with van der Waals surface area (Å²) in [7, 11) is -0.261. The largest absolute Gasteiger partial charge is 0.361 e. The van der Waals surface area contributed by atoms with E-state index in [4.69, 9.17) is 11.6 Å². The van der Waals surface area contributed by atoms with Crippen LogP contribution in [0.2, 0.25) is 5.15 Å². The number of anilines is 2. The molecule has 0 bridgehead atoms. The van der Waals surface area contributed by atoms with E-state index in [9.17, 15) is 8.42 Å². The van der Waals surface area contributed by atoms with Crippen LogP contribution in [0, 0.1) is 0 Å². The van der Waals surface area contributed by atoms with Crippen LogP contribution in [-0.2, 0) is 10.0 Å². The van der Waals surface area contributed by atoms with Crippen molar-refractivity contribution in [2.75, 3.05) is 23.7 Å². The van der Waals surface area contributed by atoms with Crippen LogP contribution in [-0.4, -0.2) is 32.5 Å². The molecule has 106 valence electrons. The van der Waals surface area contributed by atoms with Gasteiger partial charge in [-0.1, -0.05) is 11.6 Å². The third-order valence-corrected chi connectivity index (χ3v) is 4.28. The van der Waals surface area contributed by atoms with Crippen LogP contribution >= 0.6 is 11.6 Å². The molecular weight excluding hydrogens is 300 g/mol. The van der Waals surface area contributed by atoms with E-state index in [0.717, 1.165) is 0 Å². The molecule has 0 aliphatic heterocycles. The van der Waals surface area contributed by atoms with E-state index in [1.165, 1.54) is 18.3 Å². The molecule has 0 aliphatic carbocycles. The number of hydrogen-bond donors (Lipinski definition) is 1. The smallest absolute Gasteiger partial charge is 0.265 e. The van der Waals surface area contributed by atoms with E-state index >= 15 is 0 Å². The lowest BCUT2D eigenvalue weighted by Crippen LogP contribution is -2.18. The van der Waals surface area contributed by atoms with Gasteiger partial charge in [-0.05, 0) is 24.3 Å². The fourth-order valence-electron chi connectivity index (χ4n) is 1.60. The van der Waals surface area contributed by atoms with Crippen molar-refractivity contribution >= 4 is 33.1 Å². The van der Waals surface area contributed by atoms with Gasteiger partial charge in [-0.25, -0.2) is 18.4 Å². The maximum absolute atomic E-state index is 12.3.